The van der Waals surface area contributed by atoms with Gasteiger partial charge in [0.2, 0.25) is 0 Å². The summed E-state index contributed by atoms with van der Waals surface area (Å²) in [5, 5.41) is 0. The summed E-state index contributed by atoms with van der Waals surface area (Å²) in [6.45, 7) is 0. The van der Waals surface area contributed by atoms with Crippen molar-refractivity contribution in [3.63, 3.8) is 0 Å². The van der Waals surface area contributed by atoms with Crippen LogP contribution in [0, 0.1) is 0 Å². The molecule has 0 bridgehead atoms. The smallest absolute Gasteiger partial charge is 0.0819 e. The summed E-state index contributed by atoms with van der Waals surface area (Å²) < 4.78 is 0. The Morgan fingerprint density at radius 2 is 0.889 bits per heavy atom. The Morgan fingerprint density at radius 3 is 0.889 bits per heavy atom. The first-order valence-corrected chi connectivity index (χ1v) is 7.00. The van der Waals surface area contributed by atoms with Crippen molar-refractivity contribution in [3.8, 4) is 0 Å². The van der Waals surface area contributed by atoms with Gasteiger partial charge in [0.1, 0.15) is 22.5 Å². The molecule has 0 rings (SSSR count). The summed E-state index contributed by atoms with van der Waals surface area (Å²) in [5.74, 6) is 0. The highest BCUT2D eigenvalue weighted by molar-refractivity contribution is 7.80. The van der Waals surface area contributed by atoms with Crippen molar-refractivity contribution in [2.75, 3.05) is 22.5 Å². The Kier molecular flexibility index (Phi) is 6.20. The summed E-state index contributed by atoms with van der Waals surface area (Å²) in [6, 6.07) is 0. The van der Waals surface area contributed by atoms with E-state index in [1.165, 1.54) is 0 Å². The van der Waals surface area contributed by atoms with E-state index in [1.807, 2.05) is 0 Å². The zero-order valence-electron chi connectivity index (χ0n) is 4.79. The molecule has 0 aliphatic heterocycles. The summed E-state index contributed by atoms with van der Waals surface area (Å²) in [4.78, 5) is 0. The molecule has 0 fully saturated rings. The maximum Gasteiger partial charge on any atom is 0.136 e. The van der Waals surface area contributed by atoms with Gasteiger partial charge in [-0.05, 0) is 0 Å². The lowest BCUT2D eigenvalue weighted by molar-refractivity contribution is 1.74. The second kappa shape index (κ2) is 5.27. The summed E-state index contributed by atoms with van der Waals surface area (Å²) in [5.41, 5.74) is 2.13. The van der Waals surface area contributed by atoms with Gasteiger partial charge in [0.25, 0.3) is 0 Å². The lowest BCUT2D eigenvalue weighted by Crippen LogP contribution is -1.98. The normalized spacial score (nSPS) is 12.0. The third kappa shape index (κ3) is 2.99. The lowest BCUT2D eigenvalue weighted by Gasteiger charge is -2.15. The van der Waals surface area contributed by atoms with Crippen LogP contribution in [0.15, 0.2) is 0 Å². The van der Waals surface area contributed by atoms with Gasteiger partial charge in [-0.25, -0.2) is 0 Å². The number of rotatable bonds is 4. The Hall–Kier alpha value is 1.59. The molecule has 0 saturated heterocycles. The van der Waals surface area contributed by atoms with E-state index in [-0.39, 0.29) is 0 Å². The van der Waals surface area contributed by atoms with Gasteiger partial charge >= 0.3 is 0 Å². The second-order valence-corrected chi connectivity index (χ2v) is 8.33. The van der Waals surface area contributed by atoms with Crippen molar-refractivity contribution in [3.05, 3.63) is 0 Å². The highest BCUT2D eigenvalue weighted by Gasteiger charge is 2.33. The van der Waals surface area contributed by atoms with Crippen LogP contribution >= 0.6 is 53.7 Å². The molecule has 0 aromatic rings. The minimum atomic E-state index is -1.36. The average Bonchev–Trinajstić information content (AvgIpc) is 1.95. The maximum atomic E-state index is 5.62. The first-order valence-electron chi connectivity index (χ1n) is 2.33. The molecule has 0 nitrogen and oxygen atoms in total. The quantitative estimate of drug-likeness (QED) is 0.508. The first kappa shape index (κ1) is 10.6. The summed E-state index contributed by atoms with van der Waals surface area (Å²) >= 11 is 22.5. The molecular weight excluding hydrogens is 221 g/mol. The zero-order valence-corrected chi connectivity index (χ0v) is 8.71. The molecule has 9 heavy (non-hydrogen) atoms. The van der Waals surface area contributed by atoms with Gasteiger partial charge in [0.05, 0.1) is 7.26 Å². The SMILES string of the molecule is ClC[P+](CCl)(CCl)CCl. The molecular formula is C4H8Cl4P+. The van der Waals surface area contributed by atoms with E-state index >= 15 is 0 Å². The molecule has 0 aromatic carbocycles. The van der Waals surface area contributed by atoms with Gasteiger partial charge in [-0.15, -0.1) is 0 Å². The van der Waals surface area contributed by atoms with E-state index in [4.69, 9.17) is 46.4 Å². The highest BCUT2D eigenvalue weighted by atomic mass is 35.5. The molecule has 0 atom stereocenters. The second-order valence-electron chi connectivity index (χ2n) is 1.82. The highest BCUT2D eigenvalue weighted by Crippen LogP contribution is 2.61. The molecule has 56 valence electrons. The summed E-state index contributed by atoms with van der Waals surface area (Å²) in [6.07, 6.45) is 0. The van der Waals surface area contributed by atoms with Crippen molar-refractivity contribution in [2.45, 2.75) is 0 Å². The molecule has 0 spiro atoms. The van der Waals surface area contributed by atoms with Crippen LogP contribution in [0.4, 0.5) is 0 Å². The van der Waals surface area contributed by atoms with Crippen molar-refractivity contribution >= 4 is 53.7 Å². The fraction of sp³-hybridized carbons (Fsp3) is 1.00. The summed E-state index contributed by atoms with van der Waals surface area (Å²) in [7, 11) is -1.36. The van der Waals surface area contributed by atoms with Gasteiger partial charge in [0, 0.05) is 0 Å². The fourth-order valence-corrected chi connectivity index (χ4v) is 5.17. The predicted molar refractivity (Wildman–Crippen MR) is 49.8 cm³/mol. The monoisotopic (exact) mass is 227 g/mol. The van der Waals surface area contributed by atoms with Crippen LogP contribution in [0.3, 0.4) is 0 Å². The first-order chi connectivity index (χ1) is 4.24. The van der Waals surface area contributed by atoms with Crippen LogP contribution in [0.1, 0.15) is 0 Å². The van der Waals surface area contributed by atoms with E-state index in [0.29, 0.717) is 22.5 Å². The number of halogens is 4. The van der Waals surface area contributed by atoms with Crippen molar-refractivity contribution in [1.82, 2.24) is 0 Å². The van der Waals surface area contributed by atoms with Crippen LogP contribution in [-0.4, -0.2) is 22.5 Å². The fourth-order valence-electron chi connectivity index (χ4n) is 0.192. The standard InChI is InChI=1S/C4H8Cl4P/c5-1-9(2-6,3-7)4-8/h1-4H2/q+1. The van der Waals surface area contributed by atoms with E-state index < -0.39 is 7.26 Å². The predicted octanol–water partition coefficient (Wildman–Crippen LogP) is 3.79. The molecule has 0 unspecified atom stereocenters. The van der Waals surface area contributed by atoms with Crippen LogP contribution in [-0.2, 0) is 0 Å². The number of hydrogen-bond acceptors (Lipinski definition) is 0. The van der Waals surface area contributed by atoms with Crippen LogP contribution < -0.4 is 0 Å². The Balaban J connectivity index is 3.82. The van der Waals surface area contributed by atoms with Gasteiger partial charge < -0.3 is 0 Å². The Labute approximate surface area is 76.1 Å². The number of hydrogen-bond donors (Lipinski definition) is 0. The van der Waals surface area contributed by atoms with Gasteiger partial charge in [-0.1, -0.05) is 46.4 Å². The average molecular weight is 229 g/mol. The van der Waals surface area contributed by atoms with Crippen molar-refractivity contribution < 1.29 is 0 Å². The van der Waals surface area contributed by atoms with Gasteiger partial charge in [-0.2, -0.15) is 0 Å². The zero-order chi connectivity index (χ0) is 7.33. The lowest BCUT2D eigenvalue weighted by atomic mass is 11.8. The molecule has 5 heteroatoms. The third-order valence-corrected chi connectivity index (χ3v) is 9.13. The van der Waals surface area contributed by atoms with E-state index in [0.717, 1.165) is 0 Å². The molecule has 0 aliphatic rings. The largest absolute Gasteiger partial charge is 0.136 e. The molecule has 0 radical (unpaired) electrons. The Morgan fingerprint density at radius 1 is 0.667 bits per heavy atom. The number of alkyl halides is 4. The maximum absolute atomic E-state index is 5.62. The van der Waals surface area contributed by atoms with Crippen molar-refractivity contribution in [1.29, 1.82) is 0 Å². The molecule has 0 saturated carbocycles. The van der Waals surface area contributed by atoms with Crippen LogP contribution in [0.5, 0.6) is 0 Å². The molecule has 0 N–H and O–H groups in total. The molecule has 0 amide bonds. The van der Waals surface area contributed by atoms with Crippen LogP contribution in [0.2, 0.25) is 0 Å². The molecule has 0 aliphatic carbocycles. The van der Waals surface area contributed by atoms with E-state index in [9.17, 15) is 0 Å². The molecule has 0 aromatic heterocycles. The van der Waals surface area contributed by atoms with Crippen LogP contribution in [0.25, 0.3) is 0 Å². The van der Waals surface area contributed by atoms with E-state index in [1.54, 1.807) is 0 Å². The topological polar surface area (TPSA) is 0 Å². The minimum absolute atomic E-state index is 0.531. The van der Waals surface area contributed by atoms with Gasteiger partial charge in [0.15, 0.2) is 0 Å². The van der Waals surface area contributed by atoms with Gasteiger partial charge in [-0.3, -0.25) is 0 Å². The Bertz CT molecular complexity index is 55.5. The minimum Gasteiger partial charge on any atom is -0.0819 e. The van der Waals surface area contributed by atoms with Crippen molar-refractivity contribution in [2.24, 2.45) is 0 Å². The van der Waals surface area contributed by atoms with E-state index in [2.05, 4.69) is 0 Å². The molecule has 0 heterocycles. The third-order valence-electron chi connectivity index (χ3n) is 1.01.